The smallest absolute Gasteiger partial charge is 0.0481 e. The first-order valence-corrected chi connectivity index (χ1v) is 7.91. The van der Waals surface area contributed by atoms with Crippen LogP contribution in [0, 0.1) is 3.57 Å². The lowest BCUT2D eigenvalue weighted by molar-refractivity contribution is 0.518. The normalized spacial score (nSPS) is 11.3. The molecule has 0 radical (unpaired) electrons. The highest BCUT2D eigenvalue weighted by atomic mass is 127. The highest BCUT2D eigenvalue weighted by Crippen LogP contribution is 2.26. The van der Waals surface area contributed by atoms with Crippen LogP contribution in [0.5, 0.6) is 0 Å². The van der Waals surface area contributed by atoms with Gasteiger partial charge < -0.3 is 11.1 Å². The number of aryl methyl sites for hydroxylation is 1. The Balaban J connectivity index is 2.00. The fourth-order valence-electron chi connectivity index (χ4n) is 2.16. The van der Waals surface area contributed by atoms with Crippen LogP contribution in [0.2, 0.25) is 0 Å². The van der Waals surface area contributed by atoms with Crippen LogP contribution in [0.15, 0.2) is 48.5 Å². The molecule has 0 atom stereocenters. The topological polar surface area (TPSA) is 38.0 Å². The molecule has 0 spiro atoms. The Labute approximate surface area is 134 Å². The molecule has 0 saturated carbocycles. The Morgan fingerprint density at radius 1 is 1.10 bits per heavy atom. The van der Waals surface area contributed by atoms with E-state index in [1.807, 2.05) is 12.1 Å². The second kappa shape index (κ2) is 6.48. The maximum absolute atomic E-state index is 5.79. The van der Waals surface area contributed by atoms with Gasteiger partial charge in [-0.15, -0.1) is 0 Å². The third kappa shape index (κ3) is 4.40. The minimum absolute atomic E-state index is 0.0475. The van der Waals surface area contributed by atoms with Crippen molar-refractivity contribution in [3.05, 3.63) is 57.7 Å². The van der Waals surface area contributed by atoms with E-state index in [2.05, 4.69) is 78.2 Å². The Morgan fingerprint density at radius 3 is 2.45 bits per heavy atom. The lowest BCUT2D eigenvalue weighted by Crippen LogP contribution is -2.31. The molecule has 0 unspecified atom stereocenters. The Hall–Kier alpha value is -1.23. The van der Waals surface area contributed by atoms with E-state index in [0.29, 0.717) is 0 Å². The van der Waals surface area contributed by atoms with Crippen LogP contribution in [0.4, 0.5) is 11.4 Å². The first-order chi connectivity index (χ1) is 9.46. The van der Waals surface area contributed by atoms with Crippen LogP contribution >= 0.6 is 22.6 Å². The van der Waals surface area contributed by atoms with Gasteiger partial charge >= 0.3 is 0 Å². The van der Waals surface area contributed by atoms with Crippen LogP contribution < -0.4 is 11.1 Å². The minimum atomic E-state index is 0.0475. The second-order valence-electron chi connectivity index (χ2n) is 5.73. The van der Waals surface area contributed by atoms with Gasteiger partial charge in [0.1, 0.15) is 0 Å². The van der Waals surface area contributed by atoms with Gasteiger partial charge in [0, 0.05) is 20.5 Å². The first kappa shape index (κ1) is 15.2. The summed E-state index contributed by atoms with van der Waals surface area (Å²) in [5, 5.41) is 3.62. The molecule has 0 aliphatic rings. The maximum atomic E-state index is 5.79. The summed E-state index contributed by atoms with van der Waals surface area (Å²) in [6, 6.07) is 16.6. The van der Waals surface area contributed by atoms with Crippen molar-refractivity contribution in [2.24, 2.45) is 0 Å². The van der Waals surface area contributed by atoms with Crippen molar-refractivity contribution in [2.45, 2.75) is 32.2 Å². The summed E-state index contributed by atoms with van der Waals surface area (Å²) in [5.74, 6) is 0. The highest BCUT2D eigenvalue weighted by molar-refractivity contribution is 14.1. The molecule has 0 saturated heterocycles. The van der Waals surface area contributed by atoms with Crippen molar-refractivity contribution < 1.29 is 0 Å². The van der Waals surface area contributed by atoms with Crippen LogP contribution in [0.25, 0.3) is 0 Å². The number of nitrogens with two attached hydrogens (primary N) is 1. The van der Waals surface area contributed by atoms with Crippen LogP contribution in [0.1, 0.15) is 25.8 Å². The standard InChI is InChI=1S/C17H21IN2/c1-17(2,11-10-13-6-4-3-5-7-13)20-16-9-8-14(19)12-15(16)18/h3-9,12,20H,10-11,19H2,1-2H3. The SMILES string of the molecule is CC(C)(CCc1ccccc1)Nc1ccc(N)cc1I. The van der Waals surface area contributed by atoms with Crippen molar-refractivity contribution in [1.82, 2.24) is 0 Å². The first-order valence-electron chi connectivity index (χ1n) is 6.83. The van der Waals surface area contributed by atoms with E-state index in [-0.39, 0.29) is 5.54 Å². The number of halogens is 1. The molecule has 2 aromatic carbocycles. The molecule has 0 bridgehead atoms. The number of nitrogen functional groups attached to an aromatic ring is 1. The second-order valence-corrected chi connectivity index (χ2v) is 6.90. The van der Waals surface area contributed by atoms with Crippen molar-refractivity contribution in [3.63, 3.8) is 0 Å². The van der Waals surface area contributed by atoms with E-state index in [9.17, 15) is 0 Å². The summed E-state index contributed by atoms with van der Waals surface area (Å²) in [6.45, 7) is 4.48. The van der Waals surface area contributed by atoms with Gasteiger partial charge in [0.05, 0.1) is 0 Å². The summed E-state index contributed by atoms with van der Waals surface area (Å²) in [6.07, 6.45) is 2.16. The monoisotopic (exact) mass is 380 g/mol. The lowest BCUT2D eigenvalue weighted by atomic mass is 9.95. The van der Waals surface area contributed by atoms with E-state index < -0.39 is 0 Å². The molecule has 3 heteroatoms. The third-order valence-corrected chi connectivity index (χ3v) is 4.24. The molecule has 0 aliphatic carbocycles. The molecule has 106 valence electrons. The van der Waals surface area contributed by atoms with Crippen LogP contribution in [-0.2, 0) is 6.42 Å². The van der Waals surface area contributed by atoms with Gasteiger partial charge in [-0.3, -0.25) is 0 Å². The number of hydrogen-bond donors (Lipinski definition) is 2. The summed E-state index contributed by atoms with van der Waals surface area (Å²) >= 11 is 2.32. The van der Waals surface area contributed by atoms with E-state index in [0.717, 1.165) is 27.8 Å². The molecule has 0 fully saturated rings. The predicted molar refractivity (Wildman–Crippen MR) is 96.0 cm³/mol. The summed E-state index contributed by atoms with van der Waals surface area (Å²) in [7, 11) is 0. The summed E-state index contributed by atoms with van der Waals surface area (Å²) in [4.78, 5) is 0. The fraction of sp³-hybridized carbons (Fsp3) is 0.294. The van der Waals surface area contributed by atoms with E-state index in [4.69, 9.17) is 5.73 Å². The highest BCUT2D eigenvalue weighted by Gasteiger charge is 2.18. The zero-order valence-corrected chi connectivity index (χ0v) is 14.1. The quantitative estimate of drug-likeness (QED) is 0.583. The average molecular weight is 380 g/mol. The molecule has 2 rings (SSSR count). The molecular weight excluding hydrogens is 359 g/mol. The molecule has 0 aromatic heterocycles. The molecule has 0 heterocycles. The third-order valence-electron chi connectivity index (χ3n) is 3.35. The van der Waals surface area contributed by atoms with Crippen molar-refractivity contribution in [1.29, 1.82) is 0 Å². The van der Waals surface area contributed by atoms with Gasteiger partial charge in [0.15, 0.2) is 0 Å². The van der Waals surface area contributed by atoms with Gasteiger partial charge in [-0.25, -0.2) is 0 Å². The van der Waals surface area contributed by atoms with Gasteiger partial charge in [-0.05, 0) is 73.0 Å². The average Bonchev–Trinajstić information content (AvgIpc) is 2.41. The number of anilines is 2. The molecule has 2 nitrogen and oxygen atoms in total. The maximum Gasteiger partial charge on any atom is 0.0481 e. The van der Waals surface area contributed by atoms with E-state index >= 15 is 0 Å². The fourth-order valence-corrected chi connectivity index (χ4v) is 2.84. The van der Waals surface area contributed by atoms with Crippen LogP contribution in [0.3, 0.4) is 0 Å². The largest absolute Gasteiger partial charge is 0.399 e. The van der Waals surface area contributed by atoms with Gasteiger partial charge in [-0.2, -0.15) is 0 Å². The van der Waals surface area contributed by atoms with Gasteiger partial charge in [0.25, 0.3) is 0 Å². The van der Waals surface area contributed by atoms with Gasteiger partial charge in [-0.1, -0.05) is 30.3 Å². The number of rotatable bonds is 5. The molecule has 0 amide bonds. The number of benzene rings is 2. The Bertz CT molecular complexity index is 564. The summed E-state index contributed by atoms with van der Waals surface area (Å²) < 4.78 is 1.16. The zero-order valence-electron chi connectivity index (χ0n) is 12.0. The van der Waals surface area contributed by atoms with E-state index in [1.165, 1.54) is 5.56 Å². The van der Waals surface area contributed by atoms with Crippen molar-refractivity contribution in [3.8, 4) is 0 Å². The van der Waals surface area contributed by atoms with Crippen molar-refractivity contribution in [2.75, 3.05) is 11.1 Å². The predicted octanol–water partition coefficient (Wildman–Crippen LogP) is 4.70. The summed E-state index contributed by atoms with van der Waals surface area (Å²) in [5.41, 5.74) is 9.18. The lowest BCUT2D eigenvalue weighted by Gasteiger charge is -2.28. The number of hydrogen-bond acceptors (Lipinski definition) is 2. The number of nitrogens with one attached hydrogen (secondary N) is 1. The molecule has 2 aromatic rings. The Morgan fingerprint density at radius 2 is 1.80 bits per heavy atom. The molecule has 20 heavy (non-hydrogen) atoms. The van der Waals surface area contributed by atoms with Crippen LogP contribution in [-0.4, -0.2) is 5.54 Å². The van der Waals surface area contributed by atoms with E-state index in [1.54, 1.807) is 0 Å². The van der Waals surface area contributed by atoms with Crippen molar-refractivity contribution >= 4 is 34.0 Å². The molecular formula is C17H21IN2. The molecule has 3 N–H and O–H groups in total. The zero-order chi connectivity index (χ0) is 14.6. The van der Waals surface area contributed by atoms with Gasteiger partial charge in [0.2, 0.25) is 0 Å². The Kier molecular flexibility index (Phi) is 4.91. The molecule has 0 aliphatic heterocycles. The minimum Gasteiger partial charge on any atom is -0.399 e.